The Kier molecular flexibility index (Phi) is 10.5. The molecule has 1 aromatic heterocycles. The van der Waals surface area contributed by atoms with Gasteiger partial charge in [-0.2, -0.15) is 0 Å². The maximum atomic E-state index is 11.7. The Bertz CT molecular complexity index is 487. The Labute approximate surface area is 160 Å². The highest BCUT2D eigenvalue weighted by atomic mass is 127. The summed E-state index contributed by atoms with van der Waals surface area (Å²) in [6.07, 6.45) is 5.46. The second-order valence-corrected chi connectivity index (χ2v) is 5.56. The van der Waals surface area contributed by atoms with Crippen molar-refractivity contribution >= 4 is 35.8 Å². The average molecular weight is 449 g/mol. The molecule has 136 valence electrons. The molecule has 8 heteroatoms. The van der Waals surface area contributed by atoms with E-state index in [0.29, 0.717) is 18.8 Å². The summed E-state index contributed by atoms with van der Waals surface area (Å²) in [6.45, 7) is 5.43. The third kappa shape index (κ3) is 7.52. The van der Waals surface area contributed by atoms with Gasteiger partial charge < -0.3 is 25.3 Å². The van der Waals surface area contributed by atoms with E-state index >= 15 is 0 Å². The monoisotopic (exact) mass is 449 g/mol. The highest BCUT2D eigenvalue weighted by Gasteiger charge is 2.09. The number of hydrogen-bond acceptors (Lipinski definition) is 4. The summed E-state index contributed by atoms with van der Waals surface area (Å²) in [5.41, 5.74) is 0. The fourth-order valence-corrected chi connectivity index (χ4v) is 2.59. The standard InChI is InChI=1S/C16H27N5O2.HI/c1-17-16(20-9-12-21-10-3-2-4-11-21)19-8-7-18-15(22)14-6-5-13-23-14;/h5-6,13H,2-4,7-12H2,1H3,(H,18,22)(H2,17,19,20);1H. The molecule has 0 radical (unpaired) electrons. The molecule has 1 aromatic rings. The third-order valence-electron chi connectivity index (χ3n) is 3.84. The molecule has 1 fully saturated rings. The number of nitrogens with one attached hydrogen (secondary N) is 3. The molecule has 0 spiro atoms. The second kappa shape index (κ2) is 12.1. The smallest absolute Gasteiger partial charge is 0.287 e. The minimum atomic E-state index is -0.204. The maximum absolute atomic E-state index is 11.7. The molecule has 1 saturated heterocycles. The van der Waals surface area contributed by atoms with E-state index in [4.69, 9.17) is 4.42 Å². The number of nitrogens with zero attached hydrogens (tertiary/aromatic N) is 2. The first kappa shape index (κ1) is 20.8. The van der Waals surface area contributed by atoms with Crippen LogP contribution in [0.2, 0.25) is 0 Å². The van der Waals surface area contributed by atoms with Crippen LogP contribution in [0.25, 0.3) is 0 Å². The SMILES string of the molecule is CN=C(NCCNC(=O)c1ccco1)NCCN1CCCCC1.I. The summed E-state index contributed by atoms with van der Waals surface area (Å²) >= 11 is 0. The number of guanidine groups is 1. The molecule has 1 aliphatic rings. The van der Waals surface area contributed by atoms with Crippen molar-refractivity contribution in [3.8, 4) is 0 Å². The number of furan rings is 1. The molecule has 24 heavy (non-hydrogen) atoms. The molecule has 0 aromatic carbocycles. The van der Waals surface area contributed by atoms with Crippen LogP contribution in [0.1, 0.15) is 29.8 Å². The van der Waals surface area contributed by atoms with Gasteiger partial charge in [-0.25, -0.2) is 0 Å². The molecule has 7 nitrogen and oxygen atoms in total. The van der Waals surface area contributed by atoms with Gasteiger partial charge in [0, 0.05) is 33.2 Å². The van der Waals surface area contributed by atoms with Gasteiger partial charge in [-0.3, -0.25) is 9.79 Å². The van der Waals surface area contributed by atoms with Gasteiger partial charge in [0.05, 0.1) is 6.26 Å². The molecule has 1 amide bonds. The number of carbonyl (C=O) groups excluding carboxylic acids is 1. The highest BCUT2D eigenvalue weighted by Crippen LogP contribution is 2.07. The fourth-order valence-electron chi connectivity index (χ4n) is 2.59. The van der Waals surface area contributed by atoms with Crippen LogP contribution in [0.15, 0.2) is 27.8 Å². The summed E-state index contributed by atoms with van der Waals surface area (Å²) < 4.78 is 5.03. The maximum Gasteiger partial charge on any atom is 0.287 e. The first-order chi connectivity index (χ1) is 11.3. The molecular weight excluding hydrogens is 421 g/mol. The molecule has 0 aliphatic carbocycles. The van der Waals surface area contributed by atoms with E-state index in [1.54, 1.807) is 19.2 Å². The zero-order valence-corrected chi connectivity index (χ0v) is 16.5. The number of likely N-dealkylation sites (tertiary alicyclic amines) is 1. The van der Waals surface area contributed by atoms with E-state index in [9.17, 15) is 4.79 Å². The number of aliphatic imine (C=N–C) groups is 1. The van der Waals surface area contributed by atoms with Gasteiger partial charge in [-0.15, -0.1) is 24.0 Å². The average Bonchev–Trinajstić information content (AvgIpc) is 3.12. The molecule has 0 unspecified atom stereocenters. The summed E-state index contributed by atoms with van der Waals surface area (Å²) in [4.78, 5) is 18.3. The number of halogens is 1. The molecule has 2 rings (SSSR count). The summed E-state index contributed by atoms with van der Waals surface area (Å²) in [6, 6.07) is 3.34. The first-order valence-electron chi connectivity index (χ1n) is 8.28. The van der Waals surface area contributed by atoms with Gasteiger partial charge in [-0.1, -0.05) is 6.42 Å². The van der Waals surface area contributed by atoms with E-state index in [1.807, 2.05) is 0 Å². The molecule has 0 bridgehead atoms. The van der Waals surface area contributed by atoms with E-state index < -0.39 is 0 Å². The lowest BCUT2D eigenvalue weighted by Gasteiger charge is -2.26. The van der Waals surface area contributed by atoms with Crippen molar-refractivity contribution in [2.24, 2.45) is 4.99 Å². The van der Waals surface area contributed by atoms with Gasteiger partial charge in [-0.05, 0) is 38.1 Å². The van der Waals surface area contributed by atoms with Crippen LogP contribution in [0.3, 0.4) is 0 Å². The van der Waals surface area contributed by atoms with Crippen LogP contribution in [-0.4, -0.2) is 63.1 Å². The summed E-state index contributed by atoms with van der Waals surface area (Å²) in [7, 11) is 1.75. The van der Waals surface area contributed by atoms with E-state index in [1.165, 1.54) is 38.6 Å². The fraction of sp³-hybridized carbons (Fsp3) is 0.625. The van der Waals surface area contributed by atoms with Crippen molar-refractivity contribution in [2.45, 2.75) is 19.3 Å². The van der Waals surface area contributed by atoms with E-state index in [2.05, 4.69) is 25.8 Å². The minimum Gasteiger partial charge on any atom is -0.459 e. The quantitative estimate of drug-likeness (QED) is 0.253. The molecule has 0 saturated carbocycles. The number of rotatable bonds is 7. The summed E-state index contributed by atoms with van der Waals surface area (Å²) in [5.74, 6) is 0.883. The van der Waals surface area contributed by atoms with Crippen LogP contribution in [0.4, 0.5) is 0 Å². The van der Waals surface area contributed by atoms with Gasteiger partial charge in [0.25, 0.3) is 5.91 Å². The Hall–Kier alpha value is -1.29. The molecule has 1 aliphatic heterocycles. The van der Waals surface area contributed by atoms with Gasteiger partial charge in [0.2, 0.25) is 0 Å². The van der Waals surface area contributed by atoms with E-state index in [0.717, 1.165) is 19.0 Å². The first-order valence-corrected chi connectivity index (χ1v) is 8.28. The van der Waals surface area contributed by atoms with Crippen LogP contribution in [-0.2, 0) is 0 Å². The lowest BCUT2D eigenvalue weighted by atomic mass is 10.1. The zero-order chi connectivity index (χ0) is 16.3. The van der Waals surface area contributed by atoms with Gasteiger partial charge in [0.15, 0.2) is 11.7 Å². The molecule has 3 N–H and O–H groups in total. The van der Waals surface area contributed by atoms with Crippen molar-refractivity contribution < 1.29 is 9.21 Å². The number of amides is 1. The van der Waals surface area contributed by atoms with Gasteiger partial charge in [0.1, 0.15) is 0 Å². The van der Waals surface area contributed by atoms with Crippen molar-refractivity contribution in [3.63, 3.8) is 0 Å². The Morgan fingerprint density at radius 3 is 2.54 bits per heavy atom. The lowest BCUT2D eigenvalue weighted by Crippen LogP contribution is -2.44. The van der Waals surface area contributed by atoms with Crippen molar-refractivity contribution in [1.82, 2.24) is 20.9 Å². The number of carbonyl (C=O) groups is 1. The Morgan fingerprint density at radius 2 is 1.88 bits per heavy atom. The van der Waals surface area contributed by atoms with Gasteiger partial charge >= 0.3 is 0 Å². The largest absolute Gasteiger partial charge is 0.459 e. The van der Waals surface area contributed by atoms with Crippen molar-refractivity contribution in [1.29, 1.82) is 0 Å². The molecule has 0 atom stereocenters. The lowest BCUT2D eigenvalue weighted by molar-refractivity contribution is 0.0926. The normalized spacial score (nSPS) is 15.5. The minimum absolute atomic E-state index is 0. The van der Waals surface area contributed by atoms with Crippen molar-refractivity contribution in [3.05, 3.63) is 24.2 Å². The predicted molar refractivity (Wildman–Crippen MR) is 106 cm³/mol. The van der Waals surface area contributed by atoms with Crippen LogP contribution in [0, 0.1) is 0 Å². The second-order valence-electron chi connectivity index (χ2n) is 5.56. The molecular formula is C16H28IN5O2. The highest BCUT2D eigenvalue weighted by molar-refractivity contribution is 14.0. The summed E-state index contributed by atoms with van der Waals surface area (Å²) in [5, 5.41) is 9.27. The van der Waals surface area contributed by atoms with Crippen LogP contribution < -0.4 is 16.0 Å². The Morgan fingerprint density at radius 1 is 1.17 bits per heavy atom. The number of piperidine rings is 1. The predicted octanol–water partition coefficient (Wildman–Crippen LogP) is 1.28. The Balaban J connectivity index is 0.00000288. The van der Waals surface area contributed by atoms with Crippen LogP contribution in [0.5, 0.6) is 0 Å². The number of hydrogen-bond donors (Lipinski definition) is 3. The van der Waals surface area contributed by atoms with Crippen molar-refractivity contribution in [2.75, 3.05) is 46.3 Å². The van der Waals surface area contributed by atoms with E-state index in [-0.39, 0.29) is 29.9 Å². The van der Waals surface area contributed by atoms with Crippen LogP contribution >= 0.6 is 24.0 Å². The topological polar surface area (TPSA) is 81.9 Å². The molecule has 2 heterocycles. The third-order valence-corrected chi connectivity index (χ3v) is 3.84. The zero-order valence-electron chi connectivity index (χ0n) is 14.2.